The van der Waals surface area contributed by atoms with Gasteiger partial charge in [-0.2, -0.15) is 0 Å². The standard InChI is InChI=1S/C14H15FN2O2S/c1-9(2)8-20-14-16-7-12(13(18)19)17(14)11-5-3-10(15)4-6-11/h3-7,9H,8H2,1-2H3,(H,18,19). The summed E-state index contributed by atoms with van der Waals surface area (Å²) in [5, 5.41) is 9.83. The van der Waals surface area contributed by atoms with Gasteiger partial charge in [0.05, 0.1) is 6.20 Å². The number of hydrogen-bond donors (Lipinski definition) is 1. The lowest BCUT2D eigenvalue weighted by Crippen LogP contribution is -2.08. The van der Waals surface area contributed by atoms with Crippen LogP contribution in [-0.4, -0.2) is 26.4 Å². The maximum atomic E-state index is 13.0. The van der Waals surface area contributed by atoms with Gasteiger partial charge < -0.3 is 5.11 Å². The van der Waals surface area contributed by atoms with E-state index in [1.54, 1.807) is 12.1 Å². The number of rotatable bonds is 5. The van der Waals surface area contributed by atoms with Crippen molar-refractivity contribution in [2.75, 3.05) is 5.75 Å². The first-order valence-electron chi connectivity index (χ1n) is 6.19. The number of benzene rings is 1. The molecule has 0 saturated heterocycles. The minimum absolute atomic E-state index is 0.0721. The van der Waals surface area contributed by atoms with Gasteiger partial charge in [-0.25, -0.2) is 14.2 Å². The molecule has 0 unspecified atom stereocenters. The normalized spacial score (nSPS) is 11.0. The second kappa shape index (κ2) is 6.09. The molecular weight excluding hydrogens is 279 g/mol. The lowest BCUT2D eigenvalue weighted by atomic mass is 10.3. The summed E-state index contributed by atoms with van der Waals surface area (Å²) in [5.41, 5.74) is 0.662. The average Bonchev–Trinajstić information content (AvgIpc) is 2.81. The Kier molecular flexibility index (Phi) is 4.44. The average molecular weight is 294 g/mol. The van der Waals surface area contributed by atoms with Crippen LogP contribution in [0.25, 0.3) is 5.69 Å². The van der Waals surface area contributed by atoms with Crippen LogP contribution in [0.15, 0.2) is 35.6 Å². The largest absolute Gasteiger partial charge is 0.477 e. The van der Waals surface area contributed by atoms with Crippen LogP contribution in [0.3, 0.4) is 0 Å². The van der Waals surface area contributed by atoms with Crippen LogP contribution >= 0.6 is 11.8 Å². The van der Waals surface area contributed by atoms with Crippen molar-refractivity contribution in [3.8, 4) is 5.69 Å². The Morgan fingerprint density at radius 2 is 2.05 bits per heavy atom. The molecule has 0 spiro atoms. The molecule has 0 bridgehead atoms. The third-order valence-corrected chi connectivity index (χ3v) is 3.96. The minimum atomic E-state index is -1.06. The number of carboxylic acid groups (broad SMARTS) is 1. The Hall–Kier alpha value is -1.82. The zero-order valence-corrected chi connectivity index (χ0v) is 12.0. The van der Waals surface area contributed by atoms with Gasteiger partial charge in [-0.15, -0.1) is 0 Å². The van der Waals surface area contributed by atoms with Gasteiger partial charge in [-0.3, -0.25) is 4.57 Å². The first-order valence-corrected chi connectivity index (χ1v) is 7.17. The van der Waals surface area contributed by atoms with Gasteiger partial charge in [0.1, 0.15) is 5.82 Å². The quantitative estimate of drug-likeness (QED) is 0.858. The summed E-state index contributed by atoms with van der Waals surface area (Å²) in [4.78, 5) is 15.4. The van der Waals surface area contributed by atoms with E-state index >= 15 is 0 Å². The predicted molar refractivity (Wildman–Crippen MR) is 76.0 cm³/mol. The number of imidazole rings is 1. The van der Waals surface area contributed by atoms with E-state index in [2.05, 4.69) is 18.8 Å². The van der Waals surface area contributed by atoms with Crippen molar-refractivity contribution in [2.24, 2.45) is 5.92 Å². The number of carbonyl (C=O) groups is 1. The van der Waals surface area contributed by atoms with Gasteiger partial charge in [0.15, 0.2) is 10.9 Å². The summed E-state index contributed by atoms with van der Waals surface area (Å²) in [6, 6.07) is 5.70. The van der Waals surface area contributed by atoms with Gasteiger partial charge in [0.2, 0.25) is 0 Å². The highest BCUT2D eigenvalue weighted by Crippen LogP contribution is 2.25. The van der Waals surface area contributed by atoms with Crippen LogP contribution in [0.1, 0.15) is 24.3 Å². The fourth-order valence-electron chi connectivity index (χ4n) is 1.67. The summed E-state index contributed by atoms with van der Waals surface area (Å²) in [6.07, 6.45) is 1.33. The fraction of sp³-hybridized carbons (Fsp3) is 0.286. The lowest BCUT2D eigenvalue weighted by Gasteiger charge is -2.10. The Morgan fingerprint density at radius 1 is 1.40 bits per heavy atom. The highest BCUT2D eigenvalue weighted by Gasteiger charge is 2.17. The molecule has 1 N–H and O–H groups in total. The van der Waals surface area contributed by atoms with Crippen molar-refractivity contribution >= 4 is 17.7 Å². The molecule has 0 fully saturated rings. The first kappa shape index (κ1) is 14.6. The minimum Gasteiger partial charge on any atom is -0.477 e. The number of carboxylic acids is 1. The molecule has 6 heteroatoms. The van der Waals surface area contributed by atoms with Gasteiger partial charge in [-0.05, 0) is 30.2 Å². The summed E-state index contributed by atoms with van der Waals surface area (Å²) >= 11 is 1.49. The number of nitrogens with zero attached hydrogens (tertiary/aromatic N) is 2. The van der Waals surface area contributed by atoms with Crippen LogP contribution in [0.2, 0.25) is 0 Å². The lowest BCUT2D eigenvalue weighted by molar-refractivity contribution is 0.0687. The maximum Gasteiger partial charge on any atom is 0.354 e. The highest BCUT2D eigenvalue weighted by atomic mass is 32.2. The molecule has 0 aliphatic heterocycles. The third kappa shape index (κ3) is 3.19. The summed E-state index contributed by atoms with van der Waals surface area (Å²) < 4.78 is 14.5. The van der Waals surface area contributed by atoms with Crippen molar-refractivity contribution < 1.29 is 14.3 Å². The Bertz CT molecular complexity index is 608. The zero-order chi connectivity index (χ0) is 14.7. The van der Waals surface area contributed by atoms with Crippen molar-refractivity contribution in [3.05, 3.63) is 42.0 Å². The molecule has 1 heterocycles. The molecule has 1 aromatic carbocycles. The van der Waals surface area contributed by atoms with E-state index in [0.717, 1.165) is 5.75 Å². The topological polar surface area (TPSA) is 55.1 Å². The van der Waals surface area contributed by atoms with Crippen molar-refractivity contribution in [2.45, 2.75) is 19.0 Å². The van der Waals surface area contributed by atoms with E-state index in [-0.39, 0.29) is 11.5 Å². The van der Waals surface area contributed by atoms with E-state index in [9.17, 15) is 14.3 Å². The number of hydrogen-bond acceptors (Lipinski definition) is 3. The number of halogens is 1. The fourth-order valence-corrected chi connectivity index (χ4v) is 2.61. The Labute approximate surface area is 120 Å². The number of aromatic nitrogens is 2. The second-order valence-corrected chi connectivity index (χ2v) is 5.74. The Balaban J connectivity index is 2.44. The summed E-state index contributed by atoms with van der Waals surface area (Å²) in [5.74, 6) is -0.121. The molecule has 0 amide bonds. The smallest absolute Gasteiger partial charge is 0.354 e. The van der Waals surface area contributed by atoms with Gasteiger partial charge >= 0.3 is 5.97 Å². The summed E-state index contributed by atoms with van der Waals surface area (Å²) in [6.45, 7) is 4.16. The number of thioether (sulfide) groups is 1. The van der Waals surface area contributed by atoms with Crippen LogP contribution in [-0.2, 0) is 0 Å². The van der Waals surface area contributed by atoms with E-state index in [1.807, 2.05) is 0 Å². The maximum absolute atomic E-state index is 13.0. The zero-order valence-electron chi connectivity index (χ0n) is 11.2. The molecule has 0 aliphatic carbocycles. The van der Waals surface area contributed by atoms with Crippen LogP contribution in [0.4, 0.5) is 4.39 Å². The monoisotopic (exact) mass is 294 g/mol. The molecular formula is C14H15FN2O2S. The molecule has 0 saturated carbocycles. The Morgan fingerprint density at radius 3 is 2.60 bits per heavy atom. The number of aromatic carboxylic acids is 1. The first-order chi connectivity index (χ1) is 9.49. The molecule has 106 valence electrons. The van der Waals surface area contributed by atoms with Crippen molar-refractivity contribution in [1.29, 1.82) is 0 Å². The third-order valence-electron chi connectivity index (χ3n) is 2.58. The molecule has 2 rings (SSSR count). The molecule has 4 nitrogen and oxygen atoms in total. The molecule has 0 radical (unpaired) electrons. The van der Waals surface area contributed by atoms with E-state index < -0.39 is 5.97 Å². The van der Waals surface area contributed by atoms with E-state index in [4.69, 9.17) is 0 Å². The van der Waals surface area contributed by atoms with E-state index in [1.165, 1.54) is 34.7 Å². The molecule has 0 aliphatic rings. The van der Waals surface area contributed by atoms with Gasteiger partial charge in [-0.1, -0.05) is 25.6 Å². The van der Waals surface area contributed by atoms with Crippen molar-refractivity contribution in [3.63, 3.8) is 0 Å². The summed E-state index contributed by atoms with van der Waals surface area (Å²) in [7, 11) is 0. The molecule has 1 aromatic heterocycles. The molecule has 0 atom stereocenters. The predicted octanol–water partition coefficient (Wildman–Crippen LogP) is 3.46. The van der Waals surface area contributed by atoms with E-state index in [0.29, 0.717) is 16.8 Å². The SMILES string of the molecule is CC(C)CSc1ncc(C(=O)O)n1-c1ccc(F)cc1. The van der Waals surface area contributed by atoms with Gasteiger partial charge in [0.25, 0.3) is 0 Å². The molecule has 2 aromatic rings. The van der Waals surface area contributed by atoms with Crippen LogP contribution in [0.5, 0.6) is 0 Å². The highest BCUT2D eigenvalue weighted by molar-refractivity contribution is 7.99. The van der Waals surface area contributed by atoms with Crippen molar-refractivity contribution in [1.82, 2.24) is 9.55 Å². The molecule has 20 heavy (non-hydrogen) atoms. The van der Waals surface area contributed by atoms with Gasteiger partial charge in [0, 0.05) is 11.4 Å². The van der Waals surface area contributed by atoms with Crippen LogP contribution in [0, 0.1) is 11.7 Å². The van der Waals surface area contributed by atoms with Crippen LogP contribution < -0.4 is 0 Å². The second-order valence-electron chi connectivity index (χ2n) is 4.75.